The Morgan fingerprint density at radius 3 is 2.63 bits per heavy atom. The summed E-state index contributed by atoms with van der Waals surface area (Å²) in [5.74, 6) is -0.769. The van der Waals surface area contributed by atoms with Crippen LogP contribution in [0, 0.1) is 0 Å². The van der Waals surface area contributed by atoms with Crippen LogP contribution in [0.2, 0.25) is 0 Å². The van der Waals surface area contributed by atoms with Gasteiger partial charge in [0.25, 0.3) is 5.91 Å². The second-order valence-electron chi connectivity index (χ2n) is 4.62. The zero-order chi connectivity index (χ0) is 14.6. The zero-order valence-corrected chi connectivity index (χ0v) is 11.8. The second-order valence-corrected chi connectivity index (χ2v) is 4.62. The summed E-state index contributed by atoms with van der Waals surface area (Å²) in [6.07, 6.45) is 1.67. The van der Waals surface area contributed by atoms with E-state index in [1.54, 1.807) is 23.9 Å². The largest absolute Gasteiger partial charge is 0.451 e. The first-order chi connectivity index (χ1) is 8.86. The van der Waals surface area contributed by atoms with E-state index in [9.17, 15) is 9.59 Å². The van der Waals surface area contributed by atoms with Crippen LogP contribution in [0.1, 0.15) is 31.3 Å². The number of carbonyl (C=O) groups is 2. The number of amides is 1. The number of nitrogens with two attached hydrogens (primary N) is 1. The summed E-state index contributed by atoms with van der Waals surface area (Å²) in [4.78, 5) is 25.1. The molecule has 1 heterocycles. The maximum Gasteiger partial charge on any atom is 0.355 e. The molecule has 2 N–H and O–H groups in total. The Hall–Kier alpha value is -1.98. The molecule has 19 heavy (non-hydrogen) atoms. The number of carbonyl (C=O) groups excluding carboxylic acids is 2. The van der Waals surface area contributed by atoms with Crippen molar-refractivity contribution in [2.75, 3.05) is 19.4 Å². The van der Waals surface area contributed by atoms with Crippen LogP contribution in [-0.2, 0) is 16.1 Å². The standard InChI is InChI=1S/C13H21N3O3/c1-5-16-7-10(14)6-11(16)13(18)19-8-12(17)15(4)9(2)3/h6-7,9H,5,8,14H2,1-4H3. The molecular formula is C13H21N3O3. The molecule has 6 heteroatoms. The molecule has 0 unspecified atom stereocenters. The van der Waals surface area contributed by atoms with Gasteiger partial charge in [-0.2, -0.15) is 0 Å². The summed E-state index contributed by atoms with van der Waals surface area (Å²) in [6.45, 7) is 6.03. The second kappa shape index (κ2) is 6.26. The van der Waals surface area contributed by atoms with Crippen molar-refractivity contribution in [3.8, 4) is 0 Å². The lowest BCUT2D eigenvalue weighted by Gasteiger charge is -2.21. The topological polar surface area (TPSA) is 77.6 Å². The highest BCUT2D eigenvalue weighted by Gasteiger charge is 2.17. The molecule has 6 nitrogen and oxygen atoms in total. The number of aryl methyl sites for hydroxylation is 1. The Kier molecular flexibility index (Phi) is 4.97. The smallest absolute Gasteiger partial charge is 0.355 e. The number of anilines is 1. The van der Waals surface area contributed by atoms with E-state index < -0.39 is 5.97 Å². The first-order valence-corrected chi connectivity index (χ1v) is 6.25. The van der Waals surface area contributed by atoms with Gasteiger partial charge in [-0.3, -0.25) is 4.79 Å². The van der Waals surface area contributed by atoms with Crippen LogP contribution < -0.4 is 5.73 Å². The zero-order valence-electron chi connectivity index (χ0n) is 11.8. The van der Waals surface area contributed by atoms with Crippen molar-refractivity contribution in [1.82, 2.24) is 9.47 Å². The number of nitrogens with zero attached hydrogens (tertiary/aromatic N) is 2. The van der Waals surface area contributed by atoms with Crippen LogP contribution in [0.25, 0.3) is 0 Å². The minimum Gasteiger partial charge on any atom is -0.451 e. The van der Waals surface area contributed by atoms with E-state index in [1.165, 1.54) is 4.90 Å². The molecule has 0 saturated carbocycles. The van der Waals surface area contributed by atoms with E-state index in [4.69, 9.17) is 10.5 Å². The first-order valence-electron chi connectivity index (χ1n) is 6.25. The van der Waals surface area contributed by atoms with Gasteiger partial charge in [0, 0.05) is 25.8 Å². The van der Waals surface area contributed by atoms with Crippen LogP contribution in [0.3, 0.4) is 0 Å². The molecule has 0 aliphatic carbocycles. The molecule has 0 spiro atoms. The molecule has 0 saturated heterocycles. The number of hydrogen-bond acceptors (Lipinski definition) is 4. The van der Waals surface area contributed by atoms with E-state index in [-0.39, 0.29) is 18.6 Å². The van der Waals surface area contributed by atoms with Crippen molar-refractivity contribution in [1.29, 1.82) is 0 Å². The molecule has 0 aliphatic heterocycles. The number of ether oxygens (including phenoxy) is 1. The molecule has 0 aliphatic rings. The average molecular weight is 267 g/mol. The van der Waals surface area contributed by atoms with Gasteiger partial charge in [-0.15, -0.1) is 0 Å². The third-order valence-corrected chi connectivity index (χ3v) is 2.96. The quantitative estimate of drug-likeness (QED) is 0.811. The highest BCUT2D eigenvalue weighted by atomic mass is 16.5. The van der Waals surface area contributed by atoms with Gasteiger partial charge in [-0.25, -0.2) is 4.79 Å². The summed E-state index contributed by atoms with van der Waals surface area (Å²) in [5, 5.41) is 0. The normalized spacial score (nSPS) is 10.6. The SMILES string of the molecule is CCn1cc(N)cc1C(=O)OCC(=O)N(C)C(C)C. The minimum atomic E-state index is -0.538. The van der Waals surface area contributed by atoms with Crippen molar-refractivity contribution in [2.45, 2.75) is 33.4 Å². The summed E-state index contributed by atoms with van der Waals surface area (Å²) >= 11 is 0. The molecule has 0 radical (unpaired) electrons. The number of rotatable bonds is 5. The Balaban J connectivity index is 2.63. The Morgan fingerprint density at radius 2 is 2.11 bits per heavy atom. The molecule has 1 rings (SSSR count). The van der Waals surface area contributed by atoms with Gasteiger partial charge in [0.05, 0.1) is 5.69 Å². The predicted molar refractivity (Wildman–Crippen MR) is 72.7 cm³/mol. The van der Waals surface area contributed by atoms with Gasteiger partial charge in [-0.05, 0) is 26.8 Å². The third kappa shape index (κ3) is 3.74. The number of hydrogen-bond donors (Lipinski definition) is 1. The van der Waals surface area contributed by atoms with Gasteiger partial charge < -0.3 is 19.9 Å². The van der Waals surface area contributed by atoms with Crippen LogP contribution in [0.15, 0.2) is 12.3 Å². The lowest BCUT2D eigenvalue weighted by molar-refractivity contribution is -0.134. The monoisotopic (exact) mass is 267 g/mol. The molecular weight excluding hydrogens is 246 g/mol. The van der Waals surface area contributed by atoms with Crippen LogP contribution in [0.5, 0.6) is 0 Å². The molecule has 1 aromatic heterocycles. The van der Waals surface area contributed by atoms with Crippen LogP contribution in [0.4, 0.5) is 5.69 Å². The molecule has 1 amide bonds. The van der Waals surface area contributed by atoms with Gasteiger partial charge >= 0.3 is 5.97 Å². The lowest BCUT2D eigenvalue weighted by Crippen LogP contribution is -2.36. The van der Waals surface area contributed by atoms with Crippen molar-refractivity contribution in [3.05, 3.63) is 18.0 Å². The minimum absolute atomic E-state index is 0.0707. The van der Waals surface area contributed by atoms with Crippen molar-refractivity contribution < 1.29 is 14.3 Å². The highest BCUT2D eigenvalue weighted by molar-refractivity contribution is 5.91. The molecule has 0 bridgehead atoms. The van der Waals surface area contributed by atoms with Crippen molar-refractivity contribution >= 4 is 17.6 Å². The van der Waals surface area contributed by atoms with Gasteiger partial charge in [0.1, 0.15) is 5.69 Å². The maximum absolute atomic E-state index is 11.9. The molecule has 0 atom stereocenters. The number of aromatic nitrogens is 1. The summed E-state index contributed by atoms with van der Waals surface area (Å²) in [5.41, 5.74) is 6.49. The summed E-state index contributed by atoms with van der Waals surface area (Å²) < 4.78 is 6.70. The van der Waals surface area contributed by atoms with Crippen molar-refractivity contribution in [2.24, 2.45) is 0 Å². The predicted octanol–water partition coefficient (Wildman–Crippen LogP) is 1.11. The van der Waals surface area contributed by atoms with E-state index in [2.05, 4.69) is 0 Å². The van der Waals surface area contributed by atoms with Gasteiger partial charge in [0.2, 0.25) is 0 Å². The number of nitrogen functional groups attached to an aromatic ring is 1. The van der Waals surface area contributed by atoms with Crippen LogP contribution >= 0.6 is 0 Å². The average Bonchev–Trinajstić information content (AvgIpc) is 2.75. The lowest BCUT2D eigenvalue weighted by atomic mass is 10.3. The number of esters is 1. The maximum atomic E-state index is 11.9. The molecule has 0 aromatic carbocycles. The Labute approximate surface area is 113 Å². The van der Waals surface area contributed by atoms with E-state index in [1.807, 2.05) is 20.8 Å². The summed E-state index contributed by atoms with van der Waals surface area (Å²) in [6, 6.07) is 1.61. The first kappa shape index (κ1) is 15.1. The van der Waals surface area contributed by atoms with E-state index in [0.29, 0.717) is 17.9 Å². The Morgan fingerprint density at radius 1 is 1.47 bits per heavy atom. The summed E-state index contributed by atoms with van der Waals surface area (Å²) in [7, 11) is 1.67. The number of likely N-dealkylation sites (N-methyl/N-ethyl adjacent to an activating group) is 1. The molecule has 106 valence electrons. The van der Waals surface area contributed by atoms with Crippen LogP contribution in [-0.4, -0.2) is 41.0 Å². The van der Waals surface area contributed by atoms with E-state index in [0.717, 1.165) is 0 Å². The van der Waals surface area contributed by atoms with Gasteiger partial charge in [-0.1, -0.05) is 0 Å². The van der Waals surface area contributed by atoms with E-state index >= 15 is 0 Å². The fourth-order valence-electron chi connectivity index (χ4n) is 1.56. The third-order valence-electron chi connectivity index (χ3n) is 2.96. The highest BCUT2D eigenvalue weighted by Crippen LogP contribution is 2.11. The molecule has 1 aromatic rings. The Bertz CT molecular complexity index is 466. The van der Waals surface area contributed by atoms with Gasteiger partial charge in [0.15, 0.2) is 6.61 Å². The van der Waals surface area contributed by atoms with Crippen molar-refractivity contribution in [3.63, 3.8) is 0 Å². The molecule has 0 fully saturated rings. The fourth-order valence-corrected chi connectivity index (χ4v) is 1.56. The fraction of sp³-hybridized carbons (Fsp3) is 0.538.